The zero-order valence-corrected chi connectivity index (χ0v) is 21.8. The number of sulfonamides is 1. The van der Waals surface area contributed by atoms with Crippen molar-refractivity contribution in [3.8, 4) is 11.6 Å². The van der Waals surface area contributed by atoms with Crippen molar-refractivity contribution < 1.29 is 46.1 Å². The van der Waals surface area contributed by atoms with Gasteiger partial charge in [-0.25, -0.2) is 13.4 Å². The van der Waals surface area contributed by atoms with Gasteiger partial charge in [0, 0.05) is 12.6 Å². The number of halogens is 3. The third-order valence-corrected chi connectivity index (χ3v) is 8.28. The molecule has 1 aromatic heterocycles. The molecule has 1 unspecified atom stereocenters. The van der Waals surface area contributed by atoms with Gasteiger partial charge >= 0.3 is 12.1 Å². The molecule has 1 aliphatic heterocycles. The number of pyridine rings is 1. The Morgan fingerprint density at radius 3 is 2.62 bits per heavy atom. The Balaban J connectivity index is 1.81. The number of alkyl halides is 3. The number of carboxylic acid groups (broad SMARTS) is 1. The van der Waals surface area contributed by atoms with Gasteiger partial charge in [0.15, 0.2) is 4.90 Å². The molecule has 1 fully saturated rings. The van der Waals surface area contributed by atoms with Crippen LogP contribution < -0.4 is 13.8 Å². The smallest absolute Gasteiger partial charge is 0.417 e. The van der Waals surface area contributed by atoms with Crippen molar-refractivity contribution in [3.05, 3.63) is 47.2 Å². The number of aliphatic carboxylic acids is 1. The Labute approximate surface area is 223 Å². The van der Waals surface area contributed by atoms with E-state index in [0.29, 0.717) is 17.8 Å². The number of aromatic nitrogens is 1. The molecule has 0 spiro atoms. The number of benzene rings is 1. The predicted molar refractivity (Wildman–Crippen MR) is 135 cm³/mol. The number of carbonyl (C=O) groups is 1. The molecule has 1 atom stereocenters. The van der Waals surface area contributed by atoms with E-state index in [9.17, 15) is 26.4 Å². The van der Waals surface area contributed by atoms with Crippen LogP contribution >= 0.6 is 0 Å². The summed E-state index contributed by atoms with van der Waals surface area (Å²) in [4.78, 5) is 13.9. The molecule has 39 heavy (non-hydrogen) atoms. The number of hydrogen-bond acceptors (Lipinski definition) is 7. The number of ether oxygens (including phenoxy) is 2. The fourth-order valence-corrected chi connectivity index (χ4v) is 6.22. The van der Waals surface area contributed by atoms with E-state index < -0.39 is 51.2 Å². The molecule has 1 saturated carbocycles. The molecule has 2 N–H and O–H groups in total. The standard InChI is InChI=1S/C26H29F3N2O7S/c27-26(28,29)19-14-23(25(30-15-19)37-11-10-32)39(35,36)31-16-20(7-9-24(33)34)38-22-8-6-18(13-21(22)31)12-17-4-2-1-3-5-17/h6,8,12-15,20,32H,1-5,7,9-11,16H2,(H,33,34). The number of allylic oxidation sites excluding steroid dienone is 1. The Hall–Kier alpha value is -3.32. The van der Waals surface area contributed by atoms with Crippen molar-refractivity contribution >= 4 is 27.8 Å². The molecule has 2 heterocycles. The van der Waals surface area contributed by atoms with Gasteiger partial charge < -0.3 is 19.7 Å². The third-order valence-electron chi connectivity index (χ3n) is 6.51. The van der Waals surface area contributed by atoms with Gasteiger partial charge in [-0.1, -0.05) is 24.1 Å². The lowest BCUT2D eigenvalue weighted by Gasteiger charge is -2.36. The highest BCUT2D eigenvalue weighted by Crippen LogP contribution is 2.41. The van der Waals surface area contributed by atoms with Gasteiger partial charge in [-0.2, -0.15) is 13.2 Å². The molecule has 1 aliphatic carbocycles. The lowest BCUT2D eigenvalue weighted by atomic mass is 9.93. The Morgan fingerprint density at radius 2 is 1.95 bits per heavy atom. The van der Waals surface area contributed by atoms with Crippen LogP contribution in [0.5, 0.6) is 11.6 Å². The molecule has 212 valence electrons. The predicted octanol–water partition coefficient (Wildman–Crippen LogP) is 4.64. The van der Waals surface area contributed by atoms with Gasteiger partial charge in [-0.3, -0.25) is 9.10 Å². The maximum absolute atomic E-state index is 14.0. The monoisotopic (exact) mass is 570 g/mol. The molecule has 9 nitrogen and oxygen atoms in total. The summed E-state index contributed by atoms with van der Waals surface area (Å²) in [5.74, 6) is -1.54. The lowest BCUT2D eigenvalue weighted by Crippen LogP contribution is -2.44. The highest BCUT2D eigenvalue weighted by Gasteiger charge is 2.39. The molecule has 2 aliphatic rings. The first-order valence-electron chi connectivity index (χ1n) is 12.5. The van der Waals surface area contributed by atoms with E-state index >= 15 is 0 Å². The van der Waals surface area contributed by atoms with Crippen LogP contribution in [-0.4, -0.2) is 55.4 Å². The van der Waals surface area contributed by atoms with Crippen molar-refractivity contribution in [2.45, 2.75) is 62.1 Å². The number of fused-ring (bicyclic) bond motifs is 1. The number of hydrogen-bond donors (Lipinski definition) is 2. The summed E-state index contributed by atoms with van der Waals surface area (Å²) in [6, 6.07) is 5.38. The van der Waals surface area contributed by atoms with E-state index in [4.69, 9.17) is 19.7 Å². The summed E-state index contributed by atoms with van der Waals surface area (Å²) in [6.07, 6.45) is 1.48. The Morgan fingerprint density at radius 1 is 1.21 bits per heavy atom. The zero-order chi connectivity index (χ0) is 28.2. The van der Waals surface area contributed by atoms with Crippen molar-refractivity contribution in [2.75, 3.05) is 24.1 Å². The largest absolute Gasteiger partial charge is 0.486 e. The maximum atomic E-state index is 14.0. The fraction of sp³-hybridized carbons (Fsp3) is 0.462. The topological polar surface area (TPSA) is 126 Å². The molecular formula is C26H29F3N2O7S. The molecule has 0 amide bonds. The van der Waals surface area contributed by atoms with Crippen LogP contribution in [0, 0.1) is 0 Å². The van der Waals surface area contributed by atoms with Crippen molar-refractivity contribution in [2.24, 2.45) is 0 Å². The second kappa shape index (κ2) is 11.8. The molecule has 1 aromatic carbocycles. The van der Waals surface area contributed by atoms with Crippen LogP contribution in [-0.2, 0) is 21.0 Å². The first-order valence-corrected chi connectivity index (χ1v) is 14.0. The third kappa shape index (κ3) is 6.82. The molecule has 0 saturated heterocycles. The van der Waals surface area contributed by atoms with E-state index in [1.807, 2.05) is 6.08 Å². The zero-order valence-electron chi connectivity index (χ0n) is 21.0. The molecular weight excluding hydrogens is 541 g/mol. The maximum Gasteiger partial charge on any atom is 0.417 e. The Kier molecular flexibility index (Phi) is 8.70. The van der Waals surface area contributed by atoms with Gasteiger partial charge in [-0.15, -0.1) is 0 Å². The minimum Gasteiger partial charge on any atom is -0.486 e. The normalized spacial score (nSPS) is 17.8. The van der Waals surface area contributed by atoms with E-state index in [2.05, 4.69) is 4.98 Å². The summed E-state index contributed by atoms with van der Waals surface area (Å²) in [5.41, 5.74) is 0.743. The van der Waals surface area contributed by atoms with Gasteiger partial charge in [0.1, 0.15) is 18.5 Å². The number of aliphatic hydroxyl groups excluding tert-OH is 1. The van der Waals surface area contributed by atoms with Crippen LogP contribution in [0.25, 0.3) is 6.08 Å². The summed E-state index contributed by atoms with van der Waals surface area (Å²) in [7, 11) is -4.72. The summed E-state index contributed by atoms with van der Waals surface area (Å²) in [5, 5.41) is 18.2. The van der Waals surface area contributed by atoms with Crippen LogP contribution in [0.15, 0.2) is 40.9 Å². The van der Waals surface area contributed by atoms with E-state index in [0.717, 1.165) is 36.4 Å². The summed E-state index contributed by atoms with van der Waals surface area (Å²) >= 11 is 0. The quantitative estimate of drug-likeness (QED) is 0.447. The van der Waals surface area contributed by atoms with Gasteiger partial charge in [0.25, 0.3) is 10.0 Å². The SMILES string of the molecule is O=C(O)CCC1CN(S(=O)(=O)c2cc(C(F)(F)F)cnc2OCCO)c2cc(C=C3CCCCC3)ccc2O1. The second-order valence-corrected chi connectivity index (χ2v) is 11.2. The van der Waals surface area contributed by atoms with E-state index in [-0.39, 0.29) is 37.4 Å². The highest BCUT2D eigenvalue weighted by molar-refractivity contribution is 7.93. The van der Waals surface area contributed by atoms with Crippen LogP contribution in [0.3, 0.4) is 0 Å². The summed E-state index contributed by atoms with van der Waals surface area (Å²) in [6.45, 7) is -1.24. The van der Waals surface area contributed by atoms with Crippen molar-refractivity contribution in [1.82, 2.24) is 4.98 Å². The van der Waals surface area contributed by atoms with Crippen LogP contribution in [0.1, 0.15) is 56.1 Å². The minimum atomic E-state index is -4.88. The lowest BCUT2D eigenvalue weighted by molar-refractivity contribution is -0.138. The first kappa shape index (κ1) is 28.7. The molecule has 2 aromatic rings. The highest BCUT2D eigenvalue weighted by atomic mass is 32.2. The van der Waals surface area contributed by atoms with Crippen molar-refractivity contribution in [1.29, 1.82) is 0 Å². The van der Waals surface area contributed by atoms with Gasteiger partial charge in [-0.05, 0) is 55.9 Å². The number of nitrogens with zero attached hydrogens (tertiary/aromatic N) is 2. The van der Waals surface area contributed by atoms with Gasteiger partial charge in [0.2, 0.25) is 5.88 Å². The van der Waals surface area contributed by atoms with Crippen molar-refractivity contribution in [3.63, 3.8) is 0 Å². The average Bonchev–Trinajstić information content (AvgIpc) is 2.90. The molecule has 0 bridgehead atoms. The average molecular weight is 571 g/mol. The Bertz CT molecular complexity index is 1340. The molecule has 4 rings (SSSR count). The molecule has 13 heteroatoms. The summed E-state index contributed by atoms with van der Waals surface area (Å²) < 4.78 is 80.6. The number of anilines is 1. The minimum absolute atomic E-state index is 0.0265. The number of carboxylic acids is 1. The fourth-order valence-electron chi connectivity index (χ4n) is 4.61. The van der Waals surface area contributed by atoms with E-state index in [1.165, 1.54) is 5.57 Å². The van der Waals surface area contributed by atoms with Crippen LogP contribution in [0.4, 0.5) is 18.9 Å². The van der Waals surface area contributed by atoms with E-state index in [1.54, 1.807) is 18.2 Å². The second-order valence-electron chi connectivity index (χ2n) is 9.40. The molecule has 0 radical (unpaired) electrons. The van der Waals surface area contributed by atoms with Gasteiger partial charge in [0.05, 0.1) is 24.4 Å². The number of rotatable bonds is 9. The first-order chi connectivity index (χ1) is 18.5. The number of aliphatic hydroxyl groups is 1. The van der Waals surface area contributed by atoms with Crippen LogP contribution in [0.2, 0.25) is 0 Å².